The van der Waals surface area contributed by atoms with Gasteiger partial charge in [-0.05, 0) is 6.07 Å². The summed E-state index contributed by atoms with van der Waals surface area (Å²) in [4.78, 5) is 27.0. The molecule has 0 spiro atoms. The molecule has 0 aliphatic carbocycles. The summed E-state index contributed by atoms with van der Waals surface area (Å²) in [6.07, 6.45) is 5.91. The molecule has 1 fully saturated rings. The van der Waals surface area contributed by atoms with E-state index in [9.17, 15) is 4.79 Å². The monoisotopic (exact) mass is 274 g/mol. The molecule has 0 aromatic carbocycles. The van der Waals surface area contributed by atoms with Crippen molar-refractivity contribution >= 4 is 11.9 Å². The fourth-order valence-electron chi connectivity index (χ4n) is 2.14. The Hall–Kier alpha value is -2.64. The van der Waals surface area contributed by atoms with Gasteiger partial charge in [0.2, 0.25) is 5.95 Å². The first-order valence-electron chi connectivity index (χ1n) is 6.28. The zero-order valence-corrected chi connectivity index (χ0v) is 10.8. The highest BCUT2D eigenvalue weighted by Gasteiger charge is 2.21. The number of carboxylic acid groups (broad SMARTS) is 1. The molecular weight excluding hydrogens is 260 g/mol. The normalized spacial score (nSPS) is 15.4. The van der Waals surface area contributed by atoms with Crippen LogP contribution in [-0.2, 0) is 0 Å². The second-order valence-electron chi connectivity index (χ2n) is 4.44. The summed E-state index contributed by atoms with van der Waals surface area (Å²) in [5.74, 6) is 1.36. The smallest absolute Gasteiger partial charge is 0.407 e. The Morgan fingerprint density at radius 2 is 2.00 bits per heavy atom. The summed E-state index contributed by atoms with van der Waals surface area (Å²) in [5.41, 5.74) is 0. The van der Waals surface area contributed by atoms with E-state index in [2.05, 4.69) is 19.9 Å². The Morgan fingerprint density at radius 1 is 1.20 bits per heavy atom. The van der Waals surface area contributed by atoms with Crippen molar-refractivity contribution in [2.24, 2.45) is 0 Å². The van der Waals surface area contributed by atoms with Crippen LogP contribution in [0.1, 0.15) is 0 Å². The molecule has 0 radical (unpaired) electrons. The van der Waals surface area contributed by atoms with Crippen LogP contribution in [0, 0.1) is 0 Å². The third kappa shape index (κ3) is 2.40. The summed E-state index contributed by atoms with van der Waals surface area (Å²) in [6, 6.07) is 1.83. The SMILES string of the molecule is O=C(O)N1CCN(c2ccnc(-n3ccnc3)n2)CC1. The van der Waals surface area contributed by atoms with Crippen LogP contribution in [0.15, 0.2) is 31.0 Å². The van der Waals surface area contributed by atoms with E-state index in [4.69, 9.17) is 5.11 Å². The lowest BCUT2D eigenvalue weighted by Gasteiger charge is -2.33. The summed E-state index contributed by atoms with van der Waals surface area (Å²) < 4.78 is 1.73. The van der Waals surface area contributed by atoms with Gasteiger partial charge in [0.15, 0.2) is 0 Å². The second-order valence-corrected chi connectivity index (χ2v) is 4.44. The van der Waals surface area contributed by atoms with Crippen LogP contribution in [0.4, 0.5) is 10.6 Å². The lowest BCUT2D eigenvalue weighted by atomic mass is 10.3. The van der Waals surface area contributed by atoms with E-state index < -0.39 is 6.09 Å². The zero-order chi connectivity index (χ0) is 13.9. The molecule has 8 nitrogen and oxygen atoms in total. The van der Waals surface area contributed by atoms with Gasteiger partial charge in [0.05, 0.1) is 0 Å². The predicted octanol–water partition coefficient (Wildman–Crippen LogP) is 0.462. The molecule has 3 heterocycles. The Bertz CT molecular complexity index is 592. The number of nitrogens with zero attached hydrogens (tertiary/aromatic N) is 6. The Labute approximate surface area is 115 Å². The third-order valence-corrected chi connectivity index (χ3v) is 3.24. The topological polar surface area (TPSA) is 87.4 Å². The molecule has 0 atom stereocenters. The third-order valence-electron chi connectivity index (χ3n) is 3.24. The van der Waals surface area contributed by atoms with Crippen molar-refractivity contribution in [3.8, 4) is 5.95 Å². The van der Waals surface area contributed by atoms with Gasteiger partial charge in [0.25, 0.3) is 0 Å². The van der Waals surface area contributed by atoms with E-state index in [0.717, 1.165) is 5.82 Å². The minimum absolute atomic E-state index is 0.486. The number of aromatic nitrogens is 4. The Balaban J connectivity index is 1.75. The maximum atomic E-state index is 10.9. The van der Waals surface area contributed by atoms with Gasteiger partial charge in [-0.1, -0.05) is 0 Å². The molecular formula is C12H14N6O2. The molecule has 0 saturated carbocycles. The van der Waals surface area contributed by atoms with Crippen molar-refractivity contribution < 1.29 is 9.90 Å². The number of amides is 1. The molecule has 20 heavy (non-hydrogen) atoms. The highest BCUT2D eigenvalue weighted by molar-refractivity contribution is 5.65. The van der Waals surface area contributed by atoms with Crippen molar-refractivity contribution in [3.05, 3.63) is 31.0 Å². The predicted molar refractivity (Wildman–Crippen MR) is 71.0 cm³/mol. The summed E-state index contributed by atoms with van der Waals surface area (Å²) in [5, 5.41) is 8.94. The molecule has 1 saturated heterocycles. The first-order valence-corrected chi connectivity index (χ1v) is 6.28. The van der Waals surface area contributed by atoms with Crippen molar-refractivity contribution in [1.82, 2.24) is 24.4 Å². The van der Waals surface area contributed by atoms with E-state index in [0.29, 0.717) is 32.1 Å². The number of anilines is 1. The number of hydrogen-bond donors (Lipinski definition) is 1. The molecule has 0 unspecified atom stereocenters. The largest absolute Gasteiger partial charge is 0.465 e. The zero-order valence-electron chi connectivity index (χ0n) is 10.8. The van der Waals surface area contributed by atoms with Crippen LogP contribution in [0.5, 0.6) is 0 Å². The standard InChI is InChI=1S/C12H14N6O2/c19-12(20)17-7-5-16(6-8-17)10-1-2-14-11(15-10)18-4-3-13-9-18/h1-4,9H,5-8H2,(H,19,20). The van der Waals surface area contributed by atoms with Gasteiger partial charge < -0.3 is 14.9 Å². The molecule has 3 rings (SSSR count). The van der Waals surface area contributed by atoms with Crippen molar-refractivity contribution in [1.29, 1.82) is 0 Å². The van der Waals surface area contributed by atoms with E-state index in [1.54, 1.807) is 29.5 Å². The Kier molecular flexibility index (Phi) is 3.20. The van der Waals surface area contributed by atoms with Gasteiger partial charge in [-0.2, -0.15) is 4.98 Å². The van der Waals surface area contributed by atoms with Crippen molar-refractivity contribution in [2.45, 2.75) is 0 Å². The summed E-state index contributed by atoms with van der Waals surface area (Å²) in [7, 11) is 0. The van der Waals surface area contributed by atoms with Gasteiger partial charge in [-0.15, -0.1) is 0 Å². The van der Waals surface area contributed by atoms with Gasteiger partial charge >= 0.3 is 6.09 Å². The first kappa shape index (κ1) is 12.4. The minimum Gasteiger partial charge on any atom is -0.465 e. The Morgan fingerprint density at radius 3 is 2.65 bits per heavy atom. The number of rotatable bonds is 2. The van der Waals surface area contributed by atoms with E-state index in [1.165, 1.54) is 4.90 Å². The van der Waals surface area contributed by atoms with Gasteiger partial charge in [-0.3, -0.25) is 4.57 Å². The maximum absolute atomic E-state index is 10.9. The molecule has 1 aliphatic heterocycles. The van der Waals surface area contributed by atoms with Crippen LogP contribution in [0.3, 0.4) is 0 Å². The van der Waals surface area contributed by atoms with Crippen molar-refractivity contribution in [3.63, 3.8) is 0 Å². The van der Waals surface area contributed by atoms with E-state index in [1.807, 2.05) is 6.07 Å². The molecule has 104 valence electrons. The average Bonchev–Trinajstić information content (AvgIpc) is 3.02. The molecule has 1 amide bonds. The van der Waals surface area contributed by atoms with E-state index in [-0.39, 0.29) is 0 Å². The van der Waals surface area contributed by atoms with Crippen LogP contribution < -0.4 is 4.90 Å². The van der Waals surface area contributed by atoms with Gasteiger partial charge in [-0.25, -0.2) is 14.8 Å². The lowest BCUT2D eigenvalue weighted by molar-refractivity contribution is 0.142. The molecule has 0 bridgehead atoms. The first-order chi connectivity index (χ1) is 9.74. The fraction of sp³-hybridized carbons (Fsp3) is 0.333. The highest BCUT2D eigenvalue weighted by Crippen LogP contribution is 2.14. The fourth-order valence-corrected chi connectivity index (χ4v) is 2.14. The maximum Gasteiger partial charge on any atom is 0.407 e. The van der Waals surface area contributed by atoms with Crippen LogP contribution >= 0.6 is 0 Å². The molecule has 1 N–H and O–H groups in total. The number of hydrogen-bond acceptors (Lipinski definition) is 5. The quantitative estimate of drug-likeness (QED) is 0.856. The van der Waals surface area contributed by atoms with Crippen LogP contribution in [0.2, 0.25) is 0 Å². The molecule has 8 heteroatoms. The number of imidazole rings is 1. The molecule has 1 aliphatic rings. The summed E-state index contributed by atoms with van der Waals surface area (Å²) in [6.45, 7) is 2.23. The van der Waals surface area contributed by atoms with Crippen LogP contribution in [0.25, 0.3) is 5.95 Å². The number of piperazine rings is 1. The molecule has 2 aromatic heterocycles. The summed E-state index contributed by atoms with van der Waals surface area (Å²) >= 11 is 0. The molecule has 2 aromatic rings. The highest BCUT2D eigenvalue weighted by atomic mass is 16.4. The average molecular weight is 274 g/mol. The van der Waals surface area contributed by atoms with Crippen LogP contribution in [-0.4, -0.2) is 61.8 Å². The lowest BCUT2D eigenvalue weighted by Crippen LogP contribution is -2.48. The minimum atomic E-state index is -0.869. The van der Waals surface area contributed by atoms with Crippen molar-refractivity contribution in [2.75, 3.05) is 31.1 Å². The van der Waals surface area contributed by atoms with E-state index >= 15 is 0 Å². The van der Waals surface area contributed by atoms with Gasteiger partial charge in [0, 0.05) is 44.8 Å². The second kappa shape index (κ2) is 5.16. The number of carbonyl (C=O) groups is 1. The van der Waals surface area contributed by atoms with Gasteiger partial charge in [0.1, 0.15) is 12.1 Å².